The molecule has 9 heavy (non-hydrogen) atoms. The third-order valence-corrected chi connectivity index (χ3v) is 5.03. The Morgan fingerprint density at radius 3 is 2.22 bits per heavy atom. The Balaban J connectivity index is 2.42. The molecule has 1 atom stereocenters. The molecule has 0 spiro atoms. The Hall–Kier alpha value is 0.495. The highest BCUT2D eigenvalue weighted by Gasteiger charge is 2.26. The zero-order chi connectivity index (χ0) is 6.91. The first-order chi connectivity index (χ1) is 4.11. The predicted octanol–water partition coefficient (Wildman–Crippen LogP) is 2.71. The SMILES string of the molecule is CC(C)(C)P1[B]CCC1. The minimum absolute atomic E-state index is 0.289. The zero-order valence-corrected chi connectivity index (χ0v) is 7.54. The van der Waals surface area contributed by atoms with Crippen LogP contribution in [0.3, 0.4) is 0 Å². The molecule has 0 aromatic rings. The van der Waals surface area contributed by atoms with Gasteiger partial charge in [-0.3, -0.25) is 0 Å². The van der Waals surface area contributed by atoms with Crippen LogP contribution in [-0.4, -0.2) is 18.3 Å². The molecule has 1 aliphatic heterocycles. The third kappa shape index (κ3) is 1.97. The first-order valence-electron chi connectivity index (χ1n) is 3.71. The van der Waals surface area contributed by atoms with Crippen molar-refractivity contribution in [3.63, 3.8) is 0 Å². The van der Waals surface area contributed by atoms with Crippen LogP contribution in [0.15, 0.2) is 0 Å². The van der Waals surface area contributed by atoms with E-state index in [4.69, 9.17) is 0 Å². The molecule has 0 amide bonds. The molecule has 1 aliphatic rings. The lowest BCUT2D eigenvalue weighted by atomic mass is 10.0. The van der Waals surface area contributed by atoms with Gasteiger partial charge in [-0.2, -0.15) is 0 Å². The Bertz CT molecular complexity index is 89.6. The molecule has 0 N–H and O–H groups in total. The number of hydrogen-bond donors (Lipinski definition) is 0. The van der Waals surface area contributed by atoms with Crippen molar-refractivity contribution >= 4 is 14.8 Å². The summed E-state index contributed by atoms with van der Waals surface area (Å²) in [5.74, 6) is 0. The van der Waals surface area contributed by atoms with Crippen LogP contribution in [0.2, 0.25) is 6.32 Å². The third-order valence-electron chi connectivity index (χ3n) is 1.81. The second kappa shape index (κ2) is 2.62. The molecule has 0 nitrogen and oxygen atoms in total. The molecule has 1 unspecified atom stereocenters. The highest BCUT2D eigenvalue weighted by Crippen LogP contribution is 2.52. The molecule has 0 bridgehead atoms. The van der Waals surface area contributed by atoms with E-state index < -0.39 is 0 Å². The van der Waals surface area contributed by atoms with Crippen molar-refractivity contribution in [2.24, 2.45) is 0 Å². The van der Waals surface area contributed by atoms with Gasteiger partial charge in [-0.05, 0) is 11.3 Å². The fourth-order valence-electron chi connectivity index (χ4n) is 1.21. The molecule has 2 heteroatoms. The van der Waals surface area contributed by atoms with Gasteiger partial charge in [-0.1, -0.05) is 33.5 Å². The Kier molecular flexibility index (Phi) is 2.21. The maximum absolute atomic E-state index is 2.55. The smallest absolute Gasteiger partial charge is 0.143 e. The van der Waals surface area contributed by atoms with Gasteiger partial charge in [-0.15, -0.1) is 7.80 Å². The van der Waals surface area contributed by atoms with Crippen molar-refractivity contribution in [3.8, 4) is 0 Å². The van der Waals surface area contributed by atoms with Crippen LogP contribution < -0.4 is 0 Å². The topological polar surface area (TPSA) is 0 Å². The first kappa shape index (κ1) is 7.60. The second-order valence-electron chi connectivity index (χ2n) is 3.69. The van der Waals surface area contributed by atoms with E-state index in [1.165, 1.54) is 18.9 Å². The van der Waals surface area contributed by atoms with Crippen LogP contribution in [0.1, 0.15) is 27.2 Å². The molecule has 1 saturated heterocycles. The van der Waals surface area contributed by atoms with Crippen molar-refractivity contribution in [2.45, 2.75) is 38.7 Å². The molecule has 1 radical (unpaired) electrons. The highest BCUT2D eigenvalue weighted by molar-refractivity contribution is 7.87. The summed E-state index contributed by atoms with van der Waals surface area (Å²) < 4.78 is 0. The van der Waals surface area contributed by atoms with Crippen molar-refractivity contribution in [1.82, 2.24) is 0 Å². The first-order valence-corrected chi connectivity index (χ1v) is 5.30. The Labute approximate surface area is 60.4 Å². The van der Waals surface area contributed by atoms with E-state index in [1.807, 2.05) is 0 Å². The summed E-state index contributed by atoms with van der Waals surface area (Å²) in [6.07, 6.45) is 4.31. The maximum Gasteiger partial charge on any atom is 0.147 e. The molecule has 51 valence electrons. The van der Waals surface area contributed by atoms with Crippen molar-refractivity contribution in [3.05, 3.63) is 0 Å². The maximum atomic E-state index is 2.55. The summed E-state index contributed by atoms with van der Waals surface area (Å²) in [5.41, 5.74) is 0. The Morgan fingerprint density at radius 1 is 1.33 bits per heavy atom. The van der Waals surface area contributed by atoms with E-state index in [9.17, 15) is 0 Å². The van der Waals surface area contributed by atoms with E-state index in [2.05, 4.69) is 27.8 Å². The van der Waals surface area contributed by atoms with E-state index in [-0.39, 0.29) is 7.80 Å². The van der Waals surface area contributed by atoms with Crippen LogP contribution in [-0.2, 0) is 0 Å². The van der Waals surface area contributed by atoms with Crippen molar-refractivity contribution < 1.29 is 0 Å². The van der Waals surface area contributed by atoms with Gasteiger partial charge in [0.05, 0.1) is 0 Å². The monoisotopic (exact) mass is 141 g/mol. The average Bonchev–Trinajstić information content (AvgIpc) is 2.08. The molecule has 1 heterocycles. The standard InChI is InChI=1S/C7H15BP/c1-7(2,3)9-6-4-5-8-9/h4-6H2,1-3H3. The van der Waals surface area contributed by atoms with Crippen LogP contribution in [0.5, 0.6) is 0 Å². The summed E-state index contributed by atoms with van der Waals surface area (Å²) in [6, 6.07) is 0. The minimum atomic E-state index is 0.289. The van der Waals surface area contributed by atoms with Gasteiger partial charge in [0.25, 0.3) is 0 Å². The summed E-state index contributed by atoms with van der Waals surface area (Å²) in [6.45, 7) is 9.64. The molecule has 1 rings (SSSR count). The number of hydrogen-bond acceptors (Lipinski definition) is 0. The van der Waals surface area contributed by atoms with Gasteiger partial charge in [-0.25, -0.2) is 0 Å². The van der Waals surface area contributed by atoms with Crippen LogP contribution in [0, 0.1) is 0 Å². The molecule has 1 fully saturated rings. The van der Waals surface area contributed by atoms with Gasteiger partial charge in [0.15, 0.2) is 0 Å². The highest BCUT2D eigenvalue weighted by atomic mass is 31.1. The number of rotatable bonds is 0. The molecule has 0 aromatic carbocycles. The normalized spacial score (nSPS) is 28.1. The molecule has 0 aliphatic carbocycles. The van der Waals surface area contributed by atoms with E-state index in [0.717, 1.165) is 0 Å². The second-order valence-corrected chi connectivity index (χ2v) is 6.78. The molecule has 0 aromatic heterocycles. The fourth-order valence-corrected chi connectivity index (χ4v) is 3.63. The predicted molar refractivity (Wildman–Crippen MR) is 46.7 cm³/mol. The van der Waals surface area contributed by atoms with Gasteiger partial charge in [0, 0.05) is 0 Å². The van der Waals surface area contributed by atoms with Gasteiger partial charge < -0.3 is 0 Å². The lowest BCUT2D eigenvalue weighted by Gasteiger charge is -2.27. The van der Waals surface area contributed by atoms with Crippen molar-refractivity contribution in [2.75, 3.05) is 6.16 Å². The molecule has 0 saturated carbocycles. The van der Waals surface area contributed by atoms with Crippen molar-refractivity contribution in [1.29, 1.82) is 0 Å². The quantitative estimate of drug-likeness (QED) is 0.359. The Morgan fingerprint density at radius 2 is 2.00 bits per heavy atom. The lowest BCUT2D eigenvalue weighted by molar-refractivity contribution is 0.789. The van der Waals surface area contributed by atoms with Crippen LogP contribution >= 0.6 is 7.80 Å². The van der Waals surface area contributed by atoms with Crippen LogP contribution in [0.4, 0.5) is 0 Å². The lowest BCUT2D eigenvalue weighted by Crippen LogP contribution is -2.12. The van der Waals surface area contributed by atoms with E-state index >= 15 is 0 Å². The molecular weight excluding hydrogens is 126 g/mol. The minimum Gasteiger partial charge on any atom is -0.143 e. The summed E-state index contributed by atoms with van der Waals surface area (Å²) >= 11 is 0. The van der Waals surface area contributed by atoms with E-state index in [1.54, 1.807) is 0 Å². The van der Waals surface area contributed by atoms with E-state index in [0.29, 0.717) is 5.16 Å². The zero-order valence-electron chi connectivity index (χ0n) is 6.65. The van der Waals surface area contributed by atoms with Gasteiger partial charge in [0.2, 0.25) is 0 Å². The molecular formula is C7H15BP. The summed E-state index contributed by atoms with van der Waals surface area (Å²) in [7, 11) is 0.289. The van der Waals surface area contributed by atoms with Crippen LogP contribution in [0.25, 0.3) is 0 Å². The largest absolute Gasteiger partial charge is 0.147 e. The van der Waals surface area contributed by atoms with Gasteiger partial charge >= 0.3 is 0 Å². The summed E-state index contributed by atoms with van der Waals surface area (Å²) in [5, 5.41) is 0.589. The average molecular weight is 141 g/mol. The van der Waals surface area contributed by atoms with Gasteiger partial charge in [0.1, 0.15) is 7.00 Å². The summed E-state index contributed by atoms with van der Waals surface area (Å²) in [4.78, 5) is 0. The fraction of sp³-hybridized carbons (Fsp3) is 1.00.